The molecule has 170 valence electrons. The van der Waals surface area contributed by atoms with E-state index in [2.05, 4.69) is 20.8 Å². The summed E-state index contributed by atoms with van der Waals surface area (Å²) in [6, 6.07) is 22.0. The van der Waals surface area contributed by atoms with Crippen molar-refractivity contribution in [3.63, 3.8) is 0 Å². The molecule has 0 aliphatic carbocycles. The first-order valence-electron chi connectivity index (χ1n) is 10.9. The van der Waals surface area contributed by atoms with Crippen LogP contribution in [-0.4, -0.2) is 35.7 Å². The van der Waals surface area contributed by atoms with Crippen LogP contribution in [0.4, 0.5) is 5.69 Å². The number of benzene rings is 3. The summed E-state index contributed by atoms with van der Waals surface area (Å²) in [6.07, 6.45) is 1.63. The van der Waals surface area contributed by atoms with Gasteiger partial charge in [-0.1, -0.05) is 60.7 Å². The van der Waals surface area contributed by atoms with Crippen LogP contribution in [0, 0.1) is 0 Å². The SMILES string of the molecule is N[C@H](COCc1ccccc1)C(=O)Nc1cc2c3c(c(-c4ccccc4)[nH]c3c1)C=NNC2=O. The number of carbonyl (C=O) groups is 2. The van der Waals surface area contributed by atoms with E-state index in [1.165, 1.54) is 0 Å². The second-order valence-electron chi connectivity index (χ2n) is 8.02. The van der Waals surface area contributed by atoms with Crippen LogP contribution in [0.3, 0.4) is 0 Å². The summed E-state index contributed by atoms with van der Waals surface area (Å²) >= 11 is 0. The fraction of sp³-hybridized carbons (Fsp3) is 0.115. The van der Waals surface area contributed by atoms with E-state index in [4.69, 9.17) is 10.5 Å². The third-order valence-electron chi connectivity index (χ3n) is 5.62. The lowest BCUT2D eigenvalue weighted by Gasteiger charge is -2.14. The van der Waals surface area contributed by atoms with Crippen molar-refractivity contribution >= 4 is 34.6 Å². The number of aromatic amines is 1. The quantitative estimate of drug-likeness (QED) is 0.343. The first-order chi connectivity index (χ1) is 16.6. The van der Waals surface area contributed by atoms with Crippen LogP contribution in [0.2, 0.25) is 0 Å². The van der Waals surface area contributed by atoms with Gasteiger partial charge in [0.2, 0.25) is 5.91 Å². The molecule has 0 saturated carbocycles. The maximum absolute atomic E-state index is 12.7. The molecule has 3 aromatic carbocycles. The monoisotopic (exact) mass is 453 g/mol. The lowest BCUT2D eigenvalue weighted by Crippen LogP contribution is -2.39. The number of ether oxygens (including phenoxy) is 1. The number of nitrogens with one attached hydrogen (secondary N) is 3. The third kappa shape index (κ3) is 4.32. The van der Waals surface area contributed by atoms with Gasteiger partial charge in [0.25, 0.3) is 5.91 Å². The van der Waals surface area contributed by atoms with Crippen LogP contribution in [0.25, 0.3) is 22.2 Å². The number of hydrogen-bond donors (Lipinski definition) is 4. The van der Waals surface area contributed by atoms with Crippen molar-refractivity contribution in [3.05, 3.63) is 89.5 Å². The molecule has 8 heteroatoms. The van der Waals surface area contributed by atoms with Crippen molar-refractivity contribution in [2.75, 3.05) is 11.9 Å². The highest BCUT2D eigenvalue weighted by Gasteiger charge is 2.23. The Bertz CT molecular complexity index is 1380. The second-order valence-corrected chi connectivity index (χ2v) is 8.02. The molecule has 0 fully saturated rings. The van der Waals surface area contributed by atoms with Crippen LogP contribution < -0.4 is 16.5 Å². The van der Waals surface area contributed by atoms with Gasteiger partial charge >= 0.3 is 0 Å². The minimum absolute atomic E-state index is 0.0644. The van der Waals surface area contributed by atoms with Gasteiger partial charge in [-0.2, -0.15) is 5.10 Å². The fourth-order valence-electron chi connectivity index (χ4n) is 3.97. The van der Waals surface area contributed by atoms with Gasteiger partial charge in [-0.25, -0.2) is 5.43 Å². The molecule has 0 unspecified atom stereocenters. The first kappa shape index (κ1) is 21.6. The average molecular weight is 454 g/mol. The van der Waals surface area contributed by atoms with Gasteiger partial charge in [-0.3, -0.25) is 9.59 Å². The van der Waals surface area contributed by atoms with Gasteiger partial charge in [0.15, 0.2) is 0 Å². The Balaban J connectivity index is 1.38. The van der Waals surface area contributed by atoms with E-state index in [1.807, 2.05) is 60.7 Å². The molecule has 1 atom stereocenters. The molecular formula is C26H23N5O3. The second kappa shape index (κ2) is 9.30. The molecule has 1 aliphatic heterocycles. The molecule has 0 radical (unpaired) electrons. The van der Waals surface area contributed by atoms with Crippen LogP contribution in [-0.2, 0) is 16.1 Å². The highest BCUT2D eigenvalue weighted by Crippen LogP contribution is 2.34. The first-order valence-corrected chi connectivity index (χ1v) is 10.9. The van der Waals surface area contributed by atoms with E-state index < -0.39 is 11.9 Å². The molecule has 5 rings (SSSR count). The predicted molar refractivity (Wildman–Crippen MR) is 131 cm³/mol. The number of rotatable bonds is 7. The van der Waals surface area contributed by atoms with Crippen LogP contribution >= 0.6 is 0 Å². The number of nitrogens with two attached hydrogens (primary N) is 1. The molecule has 0 spiro atoms. The van der Waals surface area contributed by atoms with Crippen LogP contribution in [0.1, 0.15) is 21.5 Å². The fourth-order valence-corrected chi connectivity index (χ4v) is 3.97. The zero-order valence-corrected chi connectivity index (χ0v) is 18.2. The van der Waals surface area contributed by atoms with Crippen molar-refractivity contribution in [1.29, 1.82) is 0 Å². The molecule has 4 aromatic rings. The Morgan fingerprint density at radius 3 is 2.56 bits per heavy atom. The lowest BCUT2D eigenvalue weighted by atomic mass is 10.0. The van der Waals surface area contributed by atoms with E-state index in [0.717, 1.165) is 27.8 Å². The number of aromatic nitrogens is 1. The number of amides is 2. The highest BCUT2D eigenvalue weighted by molar-refractivity contribution is 6.18. The van der Waals surface area contributed by atoms with Crippen molar-refractivity contribution in [1.82, 2.24) is 10.4 Å². The van der Waals surface area contributed by atoms with Gasteiger partial charge < -0.3 is 20.8 Å². The zero-order chi connectivity index (χ0) is 23.5. The van der Waals surface area contributed by atoms with E-state index in [1.54, 1.807) is 18.3 Å². The van der Waals surface area contributed by atoms with Gasteiger partial charge in [0, 0.05) is 22.2 Å². The molecule has 8 nitrogen and oxygen atoms in total. The molecule has 0 bridgehead atoms. The summed E-state index contributed by atoms with van der Waals surface area (Å²) in [5.74, 6) is -0.759. The topological polar surface area (TPSA) is 122 Å². The summed E-state index contributed by atoms with van der Waals surface area (Å²) in [5.41, 5.74) is 13.7. The summed E-state index contributed by atoms with van der Waals surface area (Å²) in [6.45, 7) is 0.431. The molecule has 1 aliphatic rings. The molecular weight excluding hydrogens is 430 g/mol. The average Bonchev–Trinajstić information content (AvgIpc) is 3.14. The van der Waals surface area contributed by atoms with Crippen LogP contribution in [0.15, 0.2) is 77.9 Å². The predicted octanol–water partition coefficient (Wildman–Crippen LogP) is 3.39. The van der Waals surface area contributed by atoms with Crippen molar-refractivity contribution in [3.8, 4) is 11.3 Å². The largest absolute Gasteiger partial charge is 0.375 e. The van der Waals surface area contributed by atoms with Gasteiger partial charge in [-0.15, -0.1) is 0 Å². The zero-order valence-electron chi connectivity index (χ0n) is 18.2. The Morgan fingerprint density at radius 1 is 1.06 bits per heavy atom. The Labute approximate surface area is 195 Å². The highest BCUT2D eigenvalue weighted by atomic mass is 16.5. The van der Waals surface area contributed by atoms with Crippen molar-refractivity contribution < 1.29 is 14.3 Å². The summed E-state index contributed by atoms with van der Waals surface area (Å²) in [4.78, 5) is 28.8. The minimum atomic E-state index is -0.866. The molecule has 2 amide bonds. The van der Waals surface area contributed by atoms with Gasteiger partial charge in [0.05, 0.1) is 30.7 Å². The van der Waals surface area contributed by atoms with E-state index in [0.29, 0.717) is 23.4 Å². The van der Waals surface area contributed by atoms with Gasteiger partial charge in [-0.05, 0) is 23.3 Å². The Kier molecular flexibility index (Phi) is 5.90. The van der Waals surface area contributed by atoms with E-state index in [9.17, 15) is 9.59 Å². The number of hydrazone groups is 1. The summed E-state index contributed by atoms with van der Waals surface area (Å²) < 4.78 is 5.59. The molecule has 5 N–H and O–H groups in total. The number of carbonyl (C=O) groups excluding carboxylic acids is 2. The number of anilines is 1. The lowest BCUT2D eigenvalue weighted by molar-refractivity contribution is -0.118. The normalized spacial score (nSPS) is 13.4. The maximum Gasteiger partial charge on any atom is 0.272 e. The molecule has 34 heavy (non-hydrogen) atoms. The smallest absolute Gasteiger partial charge is 0.272 e. The Morgan fingerprint density at radius 2 is 1.79 bits per heavy atom. The number of hydrogen-bond acceptors (Lipinski definition) is 5. The summed E-state index contributed by atoms with van der Waals surface area (Å²) in [5, 5.41) is 7.61. The van der Waals surface area contributed by atoms with E-state index >= 15 is 0 Å². The number of nitrogens with zero attached hydrogens (tertiary/aromatic N) is 1. The van der Waals surface area contributed by atoms with Crippen molar-refractivity contribution in [2.45, 2.75) is 12.6 Å². The Hall–Kier alpha value is -4.27. The molecule has 1 aromatic heterocycles. The van der Waals surface area contributed by atoms with Crippen LogP contribution in [0.5, 0.6) is 0 Å². The number of H-pyrrole nitrogens is 1. The molecule has 0 saturated heterocycles. The van der Waals surface area contributed by atoms with Gasteiger partial charge in [0.1, 0.15) is 6.04 Å². The molecule has 2 heterocycles. The third-order valence-corrected chi connectivity index (χ3v) is 5.62. The summed E-state index contributed by atoms with van der Waals surface area (Å²) in [7, 11) is 0. The maximum atomic E-state index is 12.7. The van der Waals surface area contributed by atoms with E-state index in [-0.39, 0.29) is 12.5 Å². The minimum Gasteiger partial charge on any atom is -0.375 e. The van der Waals surface area contributed by atoms with Crippen molar-refractivity contribution in [2.24, 2.45) is 10.8 Å². The standard InChI is InChI=1S/C26H23N5O3/c27-21(15-34-14-16-7-3-1-4-8-16)26(33)29-18-11-19-23-20(13-28-31-25(19)32)24(30-22(23)12-18)17-9-5-2-6-10-17/h1-13,21,30H,14-15,27H2,(H,29,33)(H,31,32)/t21-/m1/s1.